The van der Waals surface area contributed by atoms with Crippen LogP contribution in [0.2, 0.25) is 0 Å². The second kappa shape index (κ2) is 14.1. The molecule has 0 N–H and O–H groups in total. The smallest absolute Gasteiger partial charge is 0.341 e. The fourth-order valence-corrected chi connectivity index (χ4v) is 4.09. The van der Waals surface area contributed by atoms with Gasteiger partial charge in [0.25, 0.3) is 0 Å². The van der Waals surface area contributed by atoms with Gasteiger partial charge in [0.1, 0.15) is 17.2 Å². The van der Waals surface area contributed by atoms with E-state index in [9.17, 15) is 14.4 Å². The lowest BCUT2D eigenvalue weighted by Gasteiger charge is -2.14. The van der Waals surface area contributed by atoms with Crippen molar-refractivity contribution in [2.75, 3.05) is 13.7 Å². The molecule has 0 fully saturated rings. The molecule has 222 valence electrons. The molecule has 0 saturated heterocycles. The van der Waals surface area contributed by atoms with Crippen LogP contribution in [0.1, 0.15) is 13.8 Å². The summed E-state index contributed by atoms with van der Waals surface area (Å²) in [7, 11) is 1.48. The van der Waals surface area contributed by atoms with E-state index in [1.807, 2.05) is 60.7 Å². The van der Waals surface area contributed by atoms with E-state index in [4.69, 9.17) is 18.9 Å². The summed E-state index contributed by atoms with van der Waals surface area (Å²) in [6, 6.07) is 27.5. The molecule has 0 bridgehead atoms. The number of carbonyl (C=O) groups excluding carboxylic acids is 3. The summed E-state index contributed by atoms with van der Waals surface area (Å²) in [5.74, 6) is -0.405. The molecule has 0 atom stereocenters. The predicted molar refractivity (Wildman–Crippen MR) is 170 cm³/mol. The van der Waals surface area contributed by atoms with Gasteiger partial charge >= 0.3 is 17.9 Å². The standard InChI is InChI=1S/C37H32O7/c1-23(2)35(38)42-31-16-11-27(12-17-31)26-7-9-29(10-8-26)33-20-15-30(21-34(33)44-37(40)25(5)22-41-6)28-13-18-32(19-14-28)43-36(39)24(3)4/h7-21H,1,3,5,22H2,2,4,6H3. The second-order valence-electron chi connectivity index (χ2n) is 10.1. The molecule has 0 aliphatic rings. The van der Waals surface area contributed by atoms with Crippen molar-refractivity contribution in [1.29, 1.82) is 0 Å². The molecule has 4 rings (SSSR count). The normalized spacial score (nSPS) is 10.4. The highest BCUT2D eigenvalue weighted by Crippen LogP contribution is 2.36. The number of benzene rings is 4. The van der Waals surface area contributed by atoms with Crippen LogP contribution in [0.15, 0.2) is 127 Å². The summed E-state index contributed by atoms with van der Waals surface area (Å²) < 4.78 is 21.4. The molecule has 4 aromatic carbocycles. The number of ether oxygens (including phenoxy) is 4. The lowest BCUT2D eigenvalue weighted by atomic mass is 9.97. The maximum Gasteiger partial charge on any atom is 0.341 e. The average molecular weight is 589 g/mol. The van der Waals surface area contributed by atoms with Crippen molar-refractivity contribution >= 4 is 17.9 Å². The van der Waals surface area contributed by atoms with Gasteiger partial charge in [-0.1, -0.05) is 80.4 Å². The molecule has 0 amide bonds. The van der Waals surface area contributed by atoms with Crippen LogP contribution >= 0.6 is 0 Å². The largest absolute Gasteiger partial charge is 0.423 e. The zero-order valence-electron chi connectivity index (χ0n) is 24.8. The lowest BCUT2D eigenvalue weighted by Crippen LogP contribution is -2.14. The van der Waals surface area contributed by atoms with Gasteiger partial charge in [-0.05, 0) is 72.0 Å². The third-order valence-electron chi connectivity index (χ3n) is 6.48. The minimum atomic E-state index is -0.601. The second-order valence-corrected chi connectivity index (χ2v) is 10.1. The molecule has 0 saturated carbocycles. The molecule has 7 nitrogen and oxygen atoms in total. The zero-order valence-corrected chi connectivity index (χ0v) is 24.8. The van der Waals surface area contributed by atoms with E-state index in [1.165, 1.54) is 7.11 Å². The summed E-state index contributed by atoms with van der Waals surface area (Å²) in [5.41, 5.74) is 5.83. The fourth-order valence-electron chi connectivity index (χ4n) is 4.09. The predicted octanol–water partition coefficient (Wildman–Crippen LogP) is 7.76. The molecule has 0 aliphatic heterocycles. The van der Waals surface area contributed by atoms with Crippen molar-refractivity contribution < 1.29 is 33.3 Å². The summed E-state index contributed by atoms with van der Waals surface area (Å²) >= 11 is 0. The molecule has 0 heterocycles. The van der Waals surface area contributed by atoms with Crippen molar-refractivity contribution in [3.8, 4) is 50.6 Å². The molecule has 0 spiro atoms. The maximum absolute atomic E-state index is 12.8. The van der Waals surface area contributed by atoms with Crippen molar-refractivity contribution in [2.24, 2.45) is 0 Å². The van der Waals surface area contributed by atoms with Gasteiger partial charge in [-0.3, -0.25) is 0 Å². The van der Waals surface area contributed by atoms with E-state index in [2.05, 4.69) is 19.7 Å². The molecule has 0 aromatic heterocycles. The highest BCUT2D eigenvalue weighted by molar-refractivity contribution is 5.92. The minimum Gasteiger partial charge on any atom is -0.423 e. The number of esters is 3. The van der Waals surface area contributed by atoms with Gasteiger partial charge in [0, 0.05) is 23.8 Å². The number of methoxy groups -OCH3 is 1. The van der Waals surface area contributed by atoms with Crippen molar-refractivity contribution in [2.45, 2.75) is 13.8 Å². The van der Waals surface area contributed by atoms with Crippen LogP contribution in [0.3, 0.4) is 0 Å². The Morgan fingerprint density at radius 1 is 0.545 bits per heavy atom. The topological polar surface area (TPSA) is 88.1 Å². The van der Waals surface area contributed by atoms with Crippen molar-refractivity contribution in [3.63, 3.8) is 0 Å². The van der Waals surface area contributed by atoms with Gasteiger partial charge in [-0.2, -0.15) is 0 Å². The molecule has 44 heavy (non-hydrogen) atoms. The maximum atomic E-state index is 12.8. The fraction of sp³-hybridized carbons (Fsp3) is 0.108. The van der Waals surface area contributed by atoms with E-state index in [0.29, 0.717) is 34.0 Å². The van der Waals surface area contributed by atoms with Crippen molar-refractivity contribution in [3.05, 3.63) is 127 Å². The van der Waals surface area contributed by atoms with Gasteiger partial charge < -0.3 is 18.9 Å². The van der Waals surface area contributed by atoms with Crippen LogP contribution in [0, 0.1) is 0 Å². The first-order valence-corrected chi connectivity index (χ1v) is 13.7. The molecule has 0 aliphatic carbocycles. The Morgan fingerprint density at radius 2 is 0.955 bits per heavy atom. The molecular weight excluding hydrogens is 556 g/mol. The first kappa shape index (κ1) is 31.4. The highest BCUT2D eigenvalue weighted by Gasteiger charge is 2.16. The Hall–Kier alpha value is -5.53. The summed E-state index contributed by atoms with van der Waals surface area (Å²) in [6.07, 6.45) is 0. The zero-order chi connectivity index (χ0) is 31.8. The molecule has 0 unspecified atom stereocenters. The van der Waals surface area contributed by atoms with E-state index >= 15 is 0 Å². The van der Waals surface area contributed by atoms with Gasteiger partial charge in [-0.25, -0.2) is 14.4 Å². The van der Waals surface area contributed by atoms with E-state index < -0.39 is 17.9 Å². The van der Waals surface area contributed by atoms with E-state index in [1.54, 1.807) is 44.2 Å². The Kier molecular flexibility index (Phi) is 10.1. The van der Waals surface area contributed by atoms with Crippen LogP contribution in [0.25, 0.3) is 33.4 Å². The number of rotatable bonds is 11. The average Bonchev–Trinajstić information content (AvgIpc) is 3.02. The van der Waals surface area contributed by atoms with Crippen LogP contribution < -0.4 is 14.2 Å². The Labute approximate surface area is 256 Å². The van der Waals surface area contributed by atoms with Crippen LogP contribution in [-0.4, -0.2) is 31.6 Å². The third kappa shape index (κ3) is 7.85. The van der Waals surface area contributed by atoms with Gasteiger partial charge in [0.2, 0.25) is 0 Å². The van der Waals surface area contributed by atoms with Gasteiger partial charge in [0.05, 0.1) is 12.2 Å². The Balaban J connectivity index is 1.62. The molecule has 4 aromatic rings. The number of carbonyl (C=O) groups is 3. The first-order valence-electron chi connectivity index (χ1n) is 13.7. The summed E-state index contributed by atoms with van der Waals surface area (Å²) in [4.78, 5) is 36.5. The SMILES string of the molecule is C=C(C)C(=O)Oc1ccc(-c2ccc(-c3ccc(-c4ccc(OC(=O)C(=C)C)cc4)cc3OC(=O)C(=C)COC)cc2)cc1. The van der Waals surface area contributed by atoms with E-state index in [0.717, 1.165) is 27.8 Å². The summed E-state index contributed by atoms with van der Waals surface area (Å²) in [5, 5.41) is 0. The summed E-state index contributed by atoms with van der Waals surface area (Å²) in [6.45, 7) is 14.2. The van der Waals surface area contributed by atoms with E-state index in [-0.39, 0.29) is 12.2 Å². The van der Waals surface area contributed by atoms with Crippen LogP contribution in [-0.2, 0) is 19.1 Å². The first-order chi connectivity index (χ1) is 21.0. The number of hydrogen-bond acceptors (Lipinski definition) is 7. The Morgan fingerprint density at radius 3 is 1.41 bits per heavy atom. The van der Waals surface area contributed by atoms with Crippen LogP contribution in [0.5, 0.6) is 17.2 Å². The molecule has 7 heteroatoms. The molecule has 0 radical (unpaired) electrons. The quantitative estimate of drug-likeness (QED) is 0.101. The minimum absolute atomic E-state index is 0.0398. The third-order valence-corrected chi connectivity index (χ3v) is 6.48. The van der Waals surface area contributed by atoms with Gasteiger partial charge in [-0.15, -0.1) is 0 Å². The Bertz CT molecular complexity index is 1730. The number of hydrogen-bond donors (Lipinski definition) is 0. The highest BCUT2D eigenvalue weighted by atomic mass is 16.5. The van der Waals surface area contributed by atoms with Crippen LogP contribution in [0.4, 0.5) is 0 Å². The van der Waals surface area contributed by atoms with Gasteiger partial charge in [0.15, 0.2) is 0 Å². The molecular formula is C37H32O7. The van der Waals surface area contributed by atoms with Crippen molar-refractivity contribution in [1.82, 2.24) is 0 Å². The lowest BCUT2D eigenvalue weighted by molar-refractivity contribution is -0.131. The monoisotopic (exact) mass is 588 g/mol.